The van der Waals surface area contributed by atoms with Crippen molar-refractivity contribution in [1.82, 2.24) is 9.80 Å². The summed E-state index contributed by atoms with van der Waals surface area (Å²) in [5.74, 6) is 0.0519. The summed E-state index contributed by atoms with van der Waals surface area (Å²) >= 11 is 0. The van der Waals surface area contributed by atoms with Crippen molar-refractivity contribution >= 4 is 12.0 Å². The van der Waals surface area contributed by atoms with Gasteiger partial charge in [-0.15, -0.1) is 0 Å². The summed E-state index contributed by atoms with van der Waals surface area (Å²) in [4.78, 5) is 27.8. The molecule has 0 radical (unpaired) electrons. The Morgan fingerprint density at radius 2 is 1.57 bits per heavy atom. The number of hydrogen-bond donors (Lipinski definition) is 1. The molecule has 2 saturated heterocycles. The topological polar surface area (TPSA) is 60.9 Å². The largest absolute Gasteiger partial charge is 0.481 e. The highest BCUT2D eigenvalue weighted by atomic mass is 16.4. The van der Waals surface area contributed by atoms with E-state index >= 15 is 0 Å². The zero-order chi connectivity index (χ0) is 15.5. The summed E-state index contributed by atoms with van der Waals surface area (Å²) in [5.41, 5.74) is -0.619. The molecule has 2 heterocycles. The Balaban J connectivity index is 1.87. The first kappa shape index (κ1) is 16.1. The van der Waals surface area contributed by atoms with Crippen LogP contribution in [0.15, 0.2) is 0 Å². The molecule has 2 amide bonds. The highest BCUT2D eigenvalue weighted by Gasteiger charge is 2.41. The molecule has 0 aromatic rings. The number of carbonyl (C=O) groups is 2. The lowest BCUT2D eigenvalue weighted by Crippen LogP contribution is -2.52. The van der Waals surface area contributed by atoms with Crippen molar-refractivity contribution in [3.8, 4) is 0 Å². The number of aliphatic carboxylic acids is 1. The molecule has 5 heteroatoms. The van der Waals surface area contributed by atoms with Crippen LogP contribution in [0, 0.1) is 11.3 Å². The van der Waals surface area contributed by atoms with Crippen LogP contribution in [0.5, 0.6) is 0 Å². The number of nitrogens with zero attached hydrogens (tertiary/aromatic N) is 2. The highest BCUT2D eigenvalue weighted by molar-refractivity contribution is 5.77. The van der Waals surface area contributed by atoms with E-state index in [0.29, 0.717) is 32.4 Å². The monoisotopic (exact) mass is 296 g/mol. The molecule has 0 atom stereocenters. The standard InChI is InChI=1S/C16H28N2O3/c1-3-13-5-9-17(10-6-13)15(21)18-11-7-16(4-2,8-12-18)14(19)20/h13H,3-12H2,1-2H3,(H,19,20). The van der Waals surface area contributed by atoms with Crippen LogP contribution in [0.2, 0.25) is 0 Å². The van der Waals surface area contributed by atoms with Crippen LogP contribution < -0.4 is 0 Å². The van der Waals surface area contributed by atoms with Gasteiger partial charge in [0.25, 0.3) is 0 Å². The quantitative estimate of drug-likeness (QED) is 0.871. The second-order valence-electron chi connectivity index (χ2n) is 6.55. The summed E-state index contributed by atoms with van der Waals surface area (Å²) in [6.07, 6.45) is 5.20. The first-order valence-electron chi connectivity index (χ1n) is 8.29. The summed E-state index contributed by atoms with van der Waals surface area (Å²) in [7, 11) is 0. The van der Waals surface area contributed by atoms with Crippen LogP contribution in [0.3, 0.4) is 0 Å². The lowest BCUT2D eigenvalue weighted by molar-refractivity contribution is -0.152. The number of carboxylic acid groups (broad SMARTS) is 1. The Labute approximate surface area is 127 Å². The Bertz CT molecular complexity index is 381. The number of likely N-dealkylation sites (tertiary alicyclic amines) is 2. The fourth-order valence-electron chi connectivity index (χ4n) is 3.58. The van der Waals surface area contributed by atoms with Crippen molar-refractivity contribution in [2.45, 2.75) is 52.4 Å². The lowest BCUT2D eigenvalue weighted by atomic mass is 9.76. The van der Waals surface area contributed by atoms with Gasteiger partial charge in [-0.05, 0) is 38.0 Å². The van der Waals surface area contributed by atoms with E-state index in [0.717, 1.165) is 31.8 Å². The molecule has 0 bridgehead atoms. The Kier molecular flexibility index (Phi) is 5.12. The molecule has 0 unspecified atom stereocenters. The van der Waals surface area contributed by atoms with E-state index in [9.17, 15) is 14.7 Å². The molecule has 0 spiro atoms. The Morgan fingerprint density at radius 1 is 1.05 bits per heavy atom. The molecule has 2 aliphatic rings. The Hall–Kier alpha value is -1.26. The smallest absolute Gasteiger partial charge is 0.319 e. The summed E-state index contributed by atoms with van der Waals surface area (Å²) in [6, 6.07) is 0.111. The maximum atomic E-state index is 12.5. The van der Waals surface area contributed by atoms with Crippen molar-refractivity contribution in [3.63, 3.8) is 0 Å². The van der Waals surface area contributed by atoms with Gasteiger partial charge in [0.05, 0.1) is 5.41 Å². The van der Waals surface area contributed by atoms with Gasteiger partial charge in [-0.3, -0.25) is 4.79 Å². The van der Waals surface area contributed by atoms with Gasteiger partial charge in [0.1, 0.15) is 0 Å². The number of amides is 2. The van der Waals surface area contributed by atoms with E-state index in [1.807, 2.05) is 16.7 Å². The van der Waals surface area contributed by atoms with E-state index in [1.165, 1.54) is 6.42 Å². The van der Waals surface area contributed by atoms with Gasteiger partial charge in [-0.1, -0.05) is 20.3 Å². The molecule has 1 N–H and O–H groups in total. The lowest BCUT2D eigenvalue weighted by Gasteiger charge is -2.41. The zero-order valence-corrected chi connectivity index (χ0v) is 13.3. The molecule has 5 nitrogen and oxygen atoms in total. The average molecular weight is 296 g/mol. The van der Waals surface area contributed by atoms with Crippen molar-refractivity contribution < 1.29 is 14.7 Å². The van der Waals surface area contributed by atoms with Gasteiger partial charge in [-0.25, -0.2) is 4.79 Å². The summed E-state index contributed by atoms with van der Waals surface area (Å²) in [6.45, 7) is 7.00. The number of hydrogen-bond acceptors (Lipinski definition) is 2. The van der Waals surface area contributed by atoms with Crippen molar-refractivity contribution in [2.75, 3.05) is 26.2 Å². The van der Waals surface area contributed by atoms with Crippen molar-refractivity contribution in [1.29, 1.82) is 0 Å². The third kappa shape index (κ3) is 3.33. The van der Waals surface area contributed by atoms with Gasteiger partial charge in [0.2, 0.25) is 0 Å². The summed E-state index contributed by atoms with van der Waals surface area (Å²) in [5, 5.41) is 9.40. The molecular weight excluding hydrogens is 268 g/mol. The van der Waals surface area contributed by atoms with Crippen molar-refractivity contribution in [3.05, 3.63) is 0 Å². The maximum absolute atomic E-state index is 12.5. The Morgan fingerprint density at radius 3 is 2.00 bits per heavy atom. The van der Waals surface area contributed by atoms with Gasteiger partial charge in [-0.2, -0.15) is 0 Å². The fraction of sp³-hybridized carbons (Fsp3) is 0.875. The van der Waals surface area contributed by atoms with Crippen LogP contribution in [0.1, 0.15) is 52.4 Å². The van der Waals surface area contributed by atoms with Crippen LogP contribution in [-0.4, -0.2) is 53.1 Å². The highest BCUT2D eigenvalue weighted by Crippen LogP contribution is 2.35. The van der Waals surface area contributed by atoms with E-state index in [4.69, 9.17) is 0 Å². The molecule has 2 rings (SSSR count). The van der Waals surface area contributed by atoms with E-state index < -0.39 is 11.4 Å². The second kappa shape index (κ2) is 6.67. The maximum Gasteiger partial charge on any atom is 0.319 e. The molecule has 2 aliphatic heterocycles. The number of urea groups is 1. The predicted molar refractivity (Wildman–Crippen MR) is 81.2 cm³/mol. The predicted octanol–water partition coefficient (Wildman–Crippen LogP) is 2.81. The van der Waals surface area contributed by atoms with Crippen LogP contribution >= 0.6 is 0 Å². The fourth-order valence-corrected chi connectivity index (χ4v) is 3.58. The first-order valence-corrected chi connectivity index (χ1v) is 8.29. The van der Waals surface area contributed by atoms with E-state index in [2.05, 4.69) is 6.92 Å². The number of piperidine rings is 2. The zero-order valence-electron chi connectivity index (χ0n) is 13.3. The minimum atomic E-state index is -0.708. The first-order chi connectivity index (χ1) is 10.0. The third-order valence-corrected chi connectivity index (χ3v) is 5.58. The number of carbonyl (C=O) groups excluding carboxylic acids is 1. The summed E-state index contributed by atoms with van der Waals surface area (Å²) < 4.78 is 0. The minimum absolute atomic E-state index is 0.111. The molecule has 0 saturated carbocycles. The van der Waals surface area contributed by atoms with Gasteiger partial charge in [0.15, 0.2) is 0 Å². The van der Waals surface area contributed by atoms with Crippen LogP contribution in [-0.2, 0) is 4.79 Å². The SMILES string of the molecule is CCC1CCN(C(=O)N2CCC(CC)(C(=O)O)CC2)CC1. The van der Waals surface area contributed by atoms with Gasteiger partial charge < -0.3 is 14.9 Å². The molecular formula is C16H28N2O3. The van der Waals surface area contributed by atoms with Crippen molar-refractivity contribution in [2.24, 2.45) is 11.3 Å². The molecule has 21 heavy (non-hydrogen) atoms. The van der Waals surface area contributed by atoms with Crippen LogP contribution in [0.4, 0.5) is 4.79 Å². The van der Waals surface area contributed by atoms with Gasteiger partial charge in [0, 0.05) is 26.2 Å². The molecule has 0 aliphatic carbocycles. The average Bonchev–Trinajstić information content (AvgIpc) is 2.54. The molecule has 0 aromatic heterocycles. The van der Waals surface area contributed by atoms with Gasteiger partial charge >= 0.3 is 12.0 Å². The third-order valence-electron chi connectivity index (χ3n) is 5.58. The normalized spacial score (nSPS) is 23.1. The van der Waals surface area contributed by atoms with E-state index in [-0.39, 0.29) is 6.03 Å². The van der Waals surface area contributed by atoms with Crippen LogP contribution in [0.25, 0.3) is 0 Å². The number of carboxylic acids is 1. The van der Waals surface area contributed by atoms with E-state index in [1.54, 1.807) is 0 Å². The number of rotatable bonds is 3. The molecule has 120 valence electrons. The molecule has 2 fully saturated rings. The second-order valence-corrected chi connectivity index (χ2v) is 6.55. The molecule has 0 aromatic carbocycles. The minimum Gasteiger partial charge on any atom is -0.481 e.